The highest BCUT2D eigenvalue weighted by atomic mass is 19.1. The van der Waals surface area contributed by atoms with E-state index in [-0.39, 0.29) is 30.5 Å². The van der Waals surface area contributed by atoms with Gasteiger partial charge in [-0.3, -0.25) is 4.79 Å². The lowest BCUT2D eigenvalue weighted by atomic mass is 10.1. The predicted molar refractivity (Wildman–Crippen MR) is 92.9 cm³/mol. The fourth-order valence-corrected chi connectivity index (χ4v) is 3.74. The van der Waals surface area contributed by atoms with E-state index >= 15 is 0 Å². The van der Waals surface area contributed by atoms with Crippen LogP contribution in [0.5, 0.6) is 0 Å². The van der Waals surface area contributed by atoms with Crippen molar-refractivity contribution in [3.8, 4) is 0 Å². The summed E-state index contributed by atoms with van der Waals surface area (Å²) in [5.41, 5.74) is 1.94. The lowest BCUT2D eigenvalue weighted by molar-refractivity contribution is -0.00181. The Morgan fingerprint density at radius 2 is 1.88 bits per heavy atom. The van der Waals surface area contributed by atoms with Gasteiger partial charge in [-0.15, -0.1) is 5.10 Å². The van der Waals surface area contributed by atoms with Gasteiger partial charge in [0.05, 0.1) is 18.8 Å². The number of hydrogen-bond donors (Lipinski definition) is 1. The largest absolute Gasteiger partial charge is 0.365 e. The van der Waals surface area contributed by atoms with Gasteiger partial charge in [0.15, 0.2) is 5.69 Å². The molecule has 1 aromatic heterocycles. The maximum atomic E-state index is 13.1. The monoisotopic (exact) mass is 358 g/mol. The van der Waals surface area contributed by atoms with Crippen molar-refractivity contribution in [3.05, 3.63) is 47.0 Å². The maximum Gasteiger partial charge on any atom is 0.274 e. The van der Waals surface area contributed by atoms with Crippen LogP contribution in [0.2, 0.25) is 0 Å². The van der Waals surface area contributed by atoms with Gasteiger partial charge in [0.25, 0.3) is 5.91 Å². The molecule has 4 rings (SSSR count). The van der Waals surface area contributed by atoms with Gasteiger partial charge in [0.1, 0.15) is 11.9 Å². The number of halogens is 1. The van der Waals surface area contributed by atoms with Crippen LogP contribution in [0, 0.1) is 5.82 Å². The van der Waals surface area contributed by atoms with E-state index in [4.69, 9.17) is 4.74 Å². The van der Waals surface area contributed by atoms with Gasteiger partial charge >= 0.3 is 0 Å². The van der Waals surface area contributed by atoms with Gasteiger partial charge in [-0.2, -0.15) is 0 Å². The standard InChI is InChI=1S/C19H23FN4O2/c20-14-9-7-13(8-10-14)17-11-24-16(12-26-17)18(22-23-24)19(25)21-15-5-3-1-2-4-6-15/h7-10,15,17H,1-6,11-12H2,(H,21,25)/t17-/m0/s1. The Bertz CT molecular complexity index is 766. The predicted octanol–water partition coefficient (Wildman–Crippen LogP) is 3.14. The highest BCUT2D eigenvalue weighted by molar-refractivity contribution is 5.93. The Morgan fingerprint density at radius 3 is 2.62 bits per heavy atom. The molecule has 2 aromatic rings. The third-order valence-corrected chi connectivity index (χ3v) is 5.24. The first-order valence-corrected chi connectivity index (χ1v) is 9.31. The number of ether oxygens (including phenoxy) is 1. The van der Waals surface area contributed by atoms with Crippen LogP contribution in [0.15, 0.2) is 24.3 Å². The fourth-order valence-electron chi connectivity index (χ4n) is 3.74. The van der Waals surface area contributed by atoms with Gasteiger partial charge in [-0.25, -0.2) is 9.07 Å². The Morgan fingerprint density at radius 1 is 1.15 bits per heavy atom. The van der Waals surface area contributed by atoms with Crippen LogP contribution in [0.1, 0.15) is 66.4 Å². The summed E-state index contributed by atoms with van der Waals surface area (Å²) in [6.07, 6.45) is 6.64. The fraction of sp³-hybridized carbons (Fsp3) is 0.526. The number of nitrogens with one attached hydrogen (secondary N) is 1. The van der Waals surface area contributed by atoms with E-state index in [0.29, 0.717) is 17.9 Å². The molecule has 1 amide bonds. The van der Waals surface area contributed by atoms with E-state index in [1.54, 1.807) is 16.8 Å². The van der Waals surface area contributed by atoms with Gasteiger partial charge < -0.3 is 10.1 Å². The quantitative estimate of drug-likeness (QED) is 0.856. The highest BCUT2D eigenvalue weighted by Gasteiger charge is 2.28. The zero-order valence-electron chi connectivity index (χ0n) is 14.7. The van der Waals surface area contributed by atoms with E-state index in [1.165, 1.54) is 25.0 Å². The number of hydrogen-bond acceptors (Lipinski definition) is 4. The summed E-state index contributed by atoms with van der Waals surface area (Å²) in [6.45, 7) is 0.729. The zero-order chi connectivity index (χ0) is 17.9. The summed E-state index contributed by atoms with van der Waals surface area (Å²) < 4.78 is 20.7. The second-order valence-corrected chi connectivity index (χ2v) is 7.08. The maximum absolute atomic E-state index is 13.1. The molecular weight excluding hydrogens is 335 g/mol. The molecule has 1 aliphatic carbocycles. The van der Waals surface area contributed by atoms with Crippen molar-refractivity contribution in [2.75, 3.05) is 0 Å². The van der Waals surface area contributed by atoms with Crippen molar-refractivity contribution in [1.29, 1.82) is 0 Å². The molecular formula is C19H23FN4O2. The Balaban J connectivity index is 1.45. The topological polar surface area (TPSA) is 69.0 Å². The Kier molecular flexibility index (Phi) is 4.97. The average Bonchev–Trinajstić information content (AvgIpc) is 2.91. The summed E-state index contributed by atoms with van der Waals surface area (Å²) in [4.78, 5) is 12.6. The summed E-state index contributed by atoms with van der Waals surface area (Å²) >= 11 is 0. The molecule has 1 N–H and O–H groups in total. The van der Waals surface area contributed by atoms with E-state index in [0.717, 1.165) is 31.2 Å². The van der Waals surface area contributed by atoms with Crippen molar-refractivity contribution < 1.29 is 13.9 Å². The number of nitrogens with zero attached hydrogens (tertiary/aromatic N) is 3. The second kappa shape index (κ2) is 7.53. The van der Waals surface area contributed by atoms with Crippen LogP contribution < -0.4 is 5.32 Å². The summed E-state index contributed by atoms with van der Waals surface area (Å²) in [5.74, 6) is -0.439. The number of benzene rings is 1. The van der Waals surface area contributed by atoms with Crippen molar-refractivity contribution in [2.24, 2.45) is 0 Å². The average molecular weight is 358 g/mol. The number of fused-ring (bicyclic) bond motifs is 1. The lowest BCUT2D eigenvalue weighted by Crippen LogP contribution is -2.35. The van der Waals surface area contributed by atoms with Gasteiger partial charge in [-0.05, 0) is 30.5 Å². The first kappa shape index (κ1) is 17.1. The minimum atomic E-state index is -0.275. The van der Waals surface area contributed by atoms with Crippen molar-refractivity contribution >= 4 is 5.91 Å². The number of amides is 1. The Hall–Kier alpha value is -2.28. The molecule has 0 saturated heterocycles. The summed E-state index contributed by atoms with van der Waals surface area (Å²) in [7, 11) is 0. The minimum absolute atomic E-state index is 0.165. The lowest BCUT2D eigenvalue weighted by Gasteiger charge is -2.24. The van der Waals surface area contributed by atoms with Crippen molar-refractivity contribution in [3.63, 3.8) is 0 Å². The minimum Gasteiger partial charge on any atom is -0.365 e. The van der Waals surface area contributed by atoms with E-state index in [9.17, 15) is 9.18 Å². The SMILES string of the molecule is O=C(NC1CCCCCC1)c1nnn2c1CO[C@H](c1ccc(F)cc1)C2. The molecule has 1 aliphatic heterocycles. The van der Waals surface area contributed by atoms with Gasteiger partial charge in [0.2, 0.25) is 0 Å². The molecule has 0 unspecified atom stereocenters. The van der Waals surface area contributed by atoms with Crippen molar-refractivity contribution in [1.82, 2.24) is 20.3 Å². The molecule has 0 radical (unpaired) electrons. The van der Waals surface area contributed by atoms with Gasteiger partial charge in [0, 0.05) is 6.04 Å². The summed E-state index contributed by atoms with van der Waals surface area (Å²) in [5, 5.41) is 11.3. The molecule has 138 valence electrons. The molecule has 1 aromatic carbocycles. The van der Waals surface area contributed by atoms with Gasteiger partial charge in [-0.1, -0.05) is 43.0 Å². The first-order valence-electron chi connectivity index (χ1n) is 9.31. The number of aromatic nitrogens is 3. The molecule has 2 aliphatic rings. The van der Waals surface area contributed by atoms with E-state index in [2.05, 4.69) is 15.6 Å². The van der Waals surface area contributed by atoms with Crippen LogP contribution in [0.3, 0.4) is 0 Å². The van der Waals surface area contributed by atoms with Crippen LogP contribution in [-0.4, -0.2) is 26.9 Å². The molecule has 1 atom stereocenters. The molecule has 26 heavy (non-hydrogen) atoms. The number of carbonyl (C=O) groups is 1. The third-order valence-electron chi connectivity index (χ3n) is 5.24. The Labute approximate surface area is 151 Å². The molecule has 2 heterocycles. The van der Waals surface area contributed by atoms with E-state index in [1.807, 2.05) is 0 Å². The molecule has 6 nitrogen and oxygen atoms in total. The van der Waals surface area contributed by atoms with Crippen LogP contribution in [-0.2, 0) is 17.9 Å². The molecule has 0 bridgehead atoms. The molecule has 7 heteroatoms. The normalized spacial score (nSPS) is 21.0. The summed E-state index contributed by atoms with van der Waals surface area (Å²) in [6, 6.07) is 6.48. The third kappa shape index (κ3) is 3.62. The molecule has 1 saturated carbocycles. The smallest absolute Gasteiger partial charge is 0.274 e. The van der Waals surface area contributed by atoms with E-state index < -0.39 is 0 Å². The number of rotatable bonds is 3. The first-order chi connectivity index (χ1) is 12.7. The van der Waals surface area contributed by atoms with Crippen molar-refractivity contribution in [2.45, 2.75) is 63.8 Å². The van der Waals surface area contributed by atoms with Crippen LogP contribution >= 0.6 is 0 Å². The zero-order valence-corrected chi connectivity index (χ0v) is 14.7. The van der Waals surface area contributed by atoms with Crippen LogP contribution in [0.25, 0.3) is 0 Å². The molecule has 0 spiro atoms. The van der Waals surface area contributed by atoms with Crippen LogP contribution in [0.4, 0.5) is 4.39 Å². The second-order valence-electron chi connectivity index (χ2n) is 7.08. The number of carbonyl (C=O) groups excluding carboxylic acids is 1. The molecule has 1 fully saturated rings. The highest BCUT2D eigenvalue weighted by Crippen LogP contribution is 2.27.